The van der Waals surface area contributed by atoms with Crippen LogP contribution in [0.3, 0.4) is 0 Å². The zero-order valence-electron chi connectivity index (χ0n) is 7.71. The van der Waals surface area contributed by atoms with Gasteiger partial charge in [-0.2, -0.15) is 0 Å². The van der Waals surface area contributed by atoms with Crippen molar-refractivity contribution in [3.63, 3.8) is 0 Å². The molecule has 1 atom stereocenters. The first-order chi connectivity index (χ1) is 7.18. The van der Waals surface area contributed by atoms with Gasteiger partial charge in [0.2, 0.25) is 10.5 Å². The summed E-state index contributed by atoms with van der Waals surface area (Å²) in [6.07, 6.45) is 3.13. The number of thioether (sulfide) groups is 1. The van der Waals surface area contributed by atoms with Crippen LogP contribution in [0, 0.1) is 0 Å². The lowest BCUT2D eigenvalue weighted by Crippen LogP contribution is -1.98. The number of carbonyl (C=O) groups is 1. The van der Waals surface area contributed by atoms with Crippen molar-refractivity contribution in [3.8, 4) is 5.75 Å². The maximum Gasteiger partial charge on any atom is 0.220 e. The molecule has 1 aromatic rings. The predicted octanol–water partition coefficient (Wildman–Crippen LogP) is 1.62. The van der Waals surface area contributed by atoms with Gasteiger partial charge in [0.25, 0.3) is 0 Å². The minimum Gasteiger partial charge on any atom is -0.504 e. The van der Waals surface area contributed by atoms with Crippen LogP contribution in [0.5, 0.6) is 5.75 Å². The third-order valence-electron chi connectivity index (χ3n) is 2.10. The fourth-order valence-corrected chi connectivity index (χ4v) is 2.25. The average Bonchev–Trinajstić information content (AvgIpc) is 2.56. The molecule has 1 heterocycles. The minimum atomic E-state index is -0.427. The van der Waals surface area contributed by atoms with Gasteiger partial charge in [0.05, 0.1) is 5.25 Å². The summed E-state index contributed by atoms with van der Waals surface area (Å²) in [4.78, 5) is 22.3. The molecule has 2 rings (SSSR count). The van der Waals surface area contributed by atoms with Crippen molar-refractivity contribution in [1.29, 1.82) is 0 Å². The molecule has 0 amide bonds. The molecule has 0 spiro atoms. The molecule has 15 heavy (non-hydrogen) atoms. The second kappa shape index (κ2) is 3.90. The van der Waals surface area contributed by atoms with Gasteiger partial charge in [-0.05, 0) is 12.1 Å². The fraction of sp³-hybridized carbons (Fsp3) is 0.0909. The molecule has 76 valence electrons. The highest BCUT2D eigenvalue weighted by atomic mass is 32.2. The molecule has 3 nitrogen and oxygen atoms in total. The summed E-state index contributed by atoms with van der Waals surface area (Å²) >= 11 is 1.09. The van der Waals surface area contributed by atoms with Gasteiger partial charge in [-0.3, -0.25) is 9.59 Å². The van der Waals surface area contributed by atoms with Gasteiger partial charge in [0, 0.05) is 5.56 Å². The van der Waals surface area contributed by atoms with E-state index >= 15 is 0 Å². The second-order valence-corrected chi connectivity index (χ2v) is 4.25. The first-order valence-electron chi connectivity index (χ1n) is 4.39. The Morgan fingerprint density at radius 1 is 1.20 bits per heavy atom. The van der Waals surface area contributed by atoms with Crippen LogP contribution in [0.1, 0.15) is 10.8 Å². The second-order valence-electron chi connectivity index (χ2n) is 3.10. The highest BCUT2D eigenvalue weighted by Gasteiger charge is 2.21. The van der Waals surface area contributed by atoms with Crippen molar-refractivity contribution >= 4 is 16.9 Å². The lowest BCUT2D eigenvalue weighted by Gasteiger charge is -2.05. The summed E-state index contributed by atoms with van der Waals surface area (Å²) < 4.78 is 0. The SMILES string of the molecule is O=C1C=CC(c2ccccc(=O)c2O)S1. The Kier molecular flexibility index (Phi) is 2.60. The van der Waals surface area contributed by atoms with Gasteiger partial charge in [-0.25, -0.2) is 0 Å². The number of rotatable bonds is 1. The molecule has 0 saturated carbocycles. The Morgan fingerprint density at radius 2 is 1.93 bits per heavy atom. The number of hydrogen-bond acceptors (Lipinski definition) is 4. The van der Waals surface area contributed by atoms with E-state index in [1.54, 1.807) is 24.3 Å². The summed E-state index contributed by atoms with van der Waals surface area (Å²) in [6, 6.07) is 6.19. The van der Waals surface area contributed by atoms with Crippen LogP contribution in [0.4, 0.5) is 0 Å². The summed E-state index contributed by atoms with van der Waals surface area (Å²) in [6.45, 7) is 0. The predicted molar refractivity (Wildman–Crippen MR) is 58.9 cm³/mol. The van der Waals surface area contributed by atoms with E-state index < -0.39 is 5.43 Å². The topological polar surface area (TPSA) is 54.4 Å². The molecule has 1 aliphatic heterocycles. The number of hydrogen-bond donors (Lipinski definition) is 1. The molecule has 0 aromatic heterocycles. The van der Waals surface area contributed by atoms with Crippen LogP contribution < -0.4 is 5.43 Å². The molecule has 4 heteroatoms. The molecule has 1 N–H and O–H groups in total. The molecule has 0 aliphatic carbocycles. The van der Waals surface area contributed by atoms with Crippen molar-refractivity contribution in [2.45, 2.75) is 5.25 Å². The largest absolute Gasteiger partial charge is 0.504 e. The van der Waals surface area contributed by atoms with Gasteiger partial charge in [0.15, 0.2) is 5.75 Å². The van der Waals surface area contributed by atoms with Gasteiger partial charge < -0.3 is 5.11 Å². The maximum absolute atomic E-state index is 11.3. The van der Waals surface area contributed by atoms with E-state index in [1.165, 1.54) is 12.1 Å². The molecular formula is C11H8O3S. The van der Waals surface area contributed by atoms with E-state index in [-0.39, 0.29) is 16.1 Å². The monoisotopic (exact) mass is 220 g/mol. The van der Waals surface area contributed by atoms with Gasteiger partial charge in [-0.1, -0.05) is 36.0 Å². The lowest BCUT2D eigenvalue weighted by molar-refractivity contribution is -0.106. The molecule has 0 saturated heterocycles. The van der Waals surface area contributed by atoms with Crippen molar-refractivity contribution in [2.24, 2.45) is 0 Å². The van der Waals surface area contributed by atoms with Crippen molar-refractivity contribution in [2.75, 3.05) is 0 Å². The van der Waals surface area contributed by atoms with Crippen LogP contribution in [-0.4, -0.2) is 10.2 Å². The first kappa shape index (κ1) is 9.98. The Morgan fingerprint density at radius 3 is 2.60 bits per heavy atom. The van der Waals surface area contributed by atoms with Crippen molar-refractivity contribution < 1.29 is 9.90 Å². The minimum absolute atomic E-state index is 0.0571. The zero-order valence-corrected chi connectivity index (χ0v) is 8.53. The maximum atomic E-state index is 11.3. The smallest absolute Gasteiger partial charge is 0.220 e. The number of carbonyl (C=O) groups excluding carboxylic acids is 1. The Balaban J connectivity index is 2.51. The van der Waals surface area contributed by atoms with E-state index in [0.29, 0.717) is 5.56 Å². The third kappa shape index (κ3) is 1.94. The highest BCUT2D eigenvalue weighted by molar-refractivity contribution is 8.14. The average molecular weight is 220 g/mol. The Bertz CT molecular complexity index is 493. The normalized spacial score (nSPS) is 19.5. The van der Waals surface area contributed by atoms with Crippen LogP contribution in [0.15, 0.2) is 41.2 Å². The molecule has 0 radical (unpaired) electrons. The molecule has 1 aromatic carbocycles. The van der Waals surface area contributed by atoms with Crippen LogP contribution >= 0.6 is 11.8 Å². The van der Waals surface area contributed by atoms with Gasteiger partial charge in [0.1, 0.15) is 0 Å². The van der Waals surface area contributed by atoms with Crippen LogP contribution in [0.2, 0.25) is 0 Å². The van der Waals surface area contributed by atoms with E-state index in [4.69, 9.17) is 0 Å². The van der Waals surface area contributed by atoms with E-state index in [9.17, 15) is 14.7 Å². The lowest BCUT2D eigenvalue weighted by atomic mass is 10.2. The zero-order chi connectivity index (χ0) is 10.8. The Labute approximate surface area is 90.4 Å². The third-order valence-corrected chi connectivity index (χ3v) is 3.13. The standard InChI is InChI=1S/C11H8O3S/c12-8-4-2-1-3-7(11(8)14)9-5-6-10(13)15-9/h1-6,9H,(H,12,14). The summed E-state index contributed by atoms with van der Waals surface area (Å²) in [5.41, 5.74) is 0.0560. The highest BCUT2D eigenvalue weighted by Crippen LogP contribution is 2.38. The van der Waals surface area contributed by atoms with Crippen molar-refractivity contribution in [3.05, 3.63) is 52.2 Å². The fourth-order valence-electron chi connectivity index (χ4n) is 1.37. The van der Waals surface area contributed by atoms with E-state index in [0.717, 1.165) is 11.8 Å². The van der Waals surface area contributed by atoms with E-state index in [1.807, 2.05) is 0 Å². The first-order valence-corrected chi connectivity index (χ1v) is 5.27. The van der Waals surface area contributed by atoms with Gasteiger partial charge in [-0.15, -0.1) is 0 Å². The molecule has 0 bridgehead atoms. The molecule has 0 fully saturated rings. The van der Waals surface area contributed by atoms with Crippen LogP contribution in [0.25, 0.3) is 0 Å². The van der Waals surface area contributed by atoms with Gasteiger partial charge >= 0.3 is 0 Å². The molecule has 1 unspecified atom stereocenters. The number of aromatic hydroxyl groups is 1. The van der Waals surface area contributed by atoms with Crippen LogP contribution in [-0.2, 0) is 4.79 Å². The molecular weight excluding hydrogens is 212 g/mol. The quantitative estimate of drug-likeness (QED) is 0.781. The summed E-state index contributed by atoms with van der Waals surface area (Å²) in [7, 11) is 0. The molecule has 1 aliphatic rings. The van der Waals surface area contributed by atoms with Crippen molar-refractivity contribution in [1.82, 2.24) is 0 Å². The summed E-state index contributed by atoms with van der Waals surface area (Å²) in [5.74, 6) is -0.281. The van der Waals surface area contributed by atoms with E-state index in [2.05, 4.69) is 0 Å². The summed E-state index contributed by atoms with van der Waals surface area (Å²) in [5, 5.41) is 9.32. The Hall–Kier alpha value is -1.55.